The number of thioether (sulfide) groups is 1. The summed E-state index contributed by atoms with van der Waals surface area (Å²) in [6, 6.07) is 13.8. The molecule has 35 heavy (non-hydrogen) atoms. The van der Waals surface area contributed by atoms with Crippen molar-refractivity contribution in [3.63, 3.8) is 0 Å². The Morgan fingerprint density at radius 1 is 1.11 bits per heavy atom. The number of nitrogens with zero attached hydrogens (tertiary/aromatic N) is 1. The summed E-state index contributed by atoms with van der Waals surface area (Å²) < 4.78 is 40.0. The van der Waals surface area contributed by atoms with Gasteiger partial charge in [-0.1, -0.05) is 53.8 Å². The molecule has 10 heteroatoms. The van der Waals surface area contributed by atoms with Crippen molar-refractivity contribution in [1.29, 1.82) is 0 Å². The third kappa shape index (κ3) is 5.69. The second-order valence-electron chi connectivity index (χ2n) is 7.26. The van der Waals surface area contributed by atoms with Gasteiger partial charge in [0, 0.05) is 5.56 Å². The summed E-state index contributed by atoms with van der Waals surface area (Å²) in [4.78, 5) is 14.8. The van der Waals surface area contributed by atoms with Crippen molar-refractivity contribution in [2.45, 2.75) is 13.5 Å². The molecule has 4 rings (SSSR count). The molecule has 0 bridgehead atoms. The molecule has 0 atom stereocenters. The first kappa shape index (κ1) is 25.6. The van der Waals surface area contributed by atoms with E-state index in [9.17, 15) is 13.6 Å². The Morgan fingerprint density at radius 3 is 2.60 bits per heavy atom. The molecule has 3 aromatic carbocycles. The van der Waals surface area contributed by atoms with E-state index in [4.69, 9.17) is 33.3 Å². The number of carbonyl (C=O) groups excluding carboxylic acids is 1. The van der Waals surface area contributed by atoms with Crippen molar-refractivity contribution in [1.82, 2.24) is 0 Å². The van der Waals surface area contributed by atoms with Crippen LogP contribution in [-0.4, -0.2) is 16.8 Å². The molecule has 0 saturated carbocycles. The Labute approximate surface area is 224 Å². The lowest BCUT2D eigenvalue weighted by molar-refractivity contribution is -0.113. The highest BCUT2D eigenvalue weighted by Gasteiger charge is 2.33. The monoisotopic (exact) mass is 595 g/mol. The van der Waals surface area contributed by atoms with Crippen molar-refractivity contribution in [3.05, 3.63) is 91.8 Å². The first-order chi connectivity index (χ1) is 16.8. The van der Waals surface area contributed by atoms with Gasteiger partial charge in [-0.05, 0) is 70.9 Å². The first-order valence-electron chi connectivity index (χ1n) is 10.3. The van der Waals surface area contributed by atoms with E-state index in [2.05, 4.69) is 15.9 Å². The average molecular weight is 597 g/mol. The smallest absolute Gasteiger partial charge is 0.270 e. The topological polar surface area (TPSA) is 38.8 Å². The van der Waals surface area contributed by atoms with Gasteiger partial charge in [0.05, 0.1) is 26.7 Å². The fourth-order valence-corrected chi connectivity index (χ4v) is 5.35. The fraction of sp³-hybridized carbons (Fsp3) is 0.120. The largest absolute Gasteiger partial charge is 0.490 e. The Morgan fingerprint density at radius 2 is 1.89 bits per heavy atom. The third-order valence-corrected chi connectivity index (χ3v) is 7.10. The molecule has 4 nitrogen and oxygen atoms in total. The molecule has 0 N–H and O–H groups in total. The van der Waals surface area contributed by atoms with Gasteiger partial charge in [-0.2, -0.15) is 0 Å². The van der Waals surface area contributed by atoms with Crippen LogP contribution in [0.1, 0.15) is 18.1 Å². The SMILES string of the molecule is CCOc1cc(/C=C2\SC(=S)N(c3ccc(F)c(Cl)c3)C2=O)cc(Br)c1OCc1ccccc1F. The lowest BCUT2D eigenvalue weighted by atomic mass is 10.1. The van der Waals surface area contributed by atoms with Crippen LogP contribution in [0.4, 0.5) is 14.5 Å². The van der Waals surface area contributed by atoms with Crippen LogP contribution in [0, 0.1) is 11.6 Å². The molecule has 1 heterocycles. The number of ether oxygens (including phenoxy) is 2. The number of carbonyl (C=O) groups is 1. The summed E-state index contributed by atoms with van der Waals surface area (Å²) in [5.74, 6) is -0.438. The minimum atomic E-state index is -0.581. The summed E-state index contributed by atoms with van der Waals surface area (Å²) in [6.07, 6.45) is 1.68. The Balaban J connectivity index is 1.61. The zero-order chi connectivity index (χ0) is 25.1. The van der Waals surface area contributed by atoms with Crippen LogP contribution < -0.4 is 14.4 Å². The predicted octanol–water partition coefficient (Wildman–Crippen LogP) is 7.76. The second kappa shape index (κ2) is 11.1. The number of hydrogen-bond acceptors (Lipinski definition) is 5. The highest BCUT2D eigenvalue weighted by Crippen LogP contribution is 2.41. The minimum Gasteiger partial charge on any atom is -0.490 e. The normalized spacial score (nSPS) is 14.7. The lowest BCUT2D eigenvalue weighted by Crippen LogP contribution is -2.27. The highest BCUT2D eigenvalue weighted by molar-refractivity contribution is 9.10. The van der Waals surface area contributed by atoms with E-state index in [1.54, 1.807) is 36.4 Å². The van der Waals surface area contributed by atoms with Crippen LogP contribution in [0.25, 0.3) is 6.08 Å². The standard InChI is InChI=1S/C25H17BrClF2NO3S2/c1-2-32-21-10-14(9-17(26)23(21)33-13-15-5-3-4-6-19(15)28)11-22-24(31)30(25(34)35-22)16-7-8-20(29)18(27)12-16/h3-12H,2,13H2,1H3/b22-11-. The molecule has 3 aromatic rings. The van der Waals surface area contributed by atoms with Crippen LogP contribution in [0.3, 0.4) is 0 Å². The lowest BCUT2D eigenvalue weighted by Gasteiger charge is -2.15. The van der Waals surface area contributed by atoms with Gasteiger partial charge in [0.15, 0.2) is 15.8 Å². The summed E-state index contributed by atoms with van der Waals surface area (Å²) in [5, 5.41) is -0.100. The molecule has 1 aliphatic rings. The zero-order valence-electron chi connectivity index (χ0n) is 18.2. The molecule has 1 amide bonds. The van der Waals surface area contributed by atoms with Crippen LogP contribution in [-0.2, 0) is 11.4 Å². The van der Waals surface area contributed by atoms with Gasteiger partial charge < -0.3 is 9.47 Å². The molecule has 180 valence electrons. The highest BCUT2D eigenvalue weighted by atomic mass is 79.9. The Kier molecular flexibility index (Phi) is 8.11. The van der Waals surface area contributed by atoms with Crippen molar-refractivity contribution >= 4 is 73.5 Å². The third-order valence-electron chi connectivity index (χ3n) is 4.91. The van der Waals surface area contributed by atoms with Gasteiger partial charge in [-0.3, -0.25) is 9.69 Å². The number of benzene rings is 3. The number of halogens is 4. The maximum absolute atomic E-state index is 14.0. The Bertz CT molecular complexity index is 1350. The molecule has 0 unspecified atom stereocenters. The summed E-state index contributed by atoms with van der Waals surface area (Å²) in [5.41, 5.74) is 1.46. The quantitative estimate of drug-likeness (QED) is 0.206. The molecular formula is C25H17BrClF2NO3S2. The Hall–Kier alpha value is -2.46. The molecule has 0 radical (unpaired) electrons. The van der Waals surface area contributed by atoms with E-state index in [1.165, 1.54) is 29.2 Å². The van der Waals surface area contributed by atoms with Crippen molar-refractivity contribution in [3.8, 4) is 11.5 Å². The minimum absolute atomic E-state index is 0.0174. The predicted molar refractivity (Wildman–Crippen MR) is 143 cm³/mol. The number of amides is 1. The number of rotatable bonds is 7. The van der Waals surface area contributed by atoms with Gasteiger partial charge in [0.2, 0.25) is 0 Å². The van der Waals surface area contributed by atoms with E-state index >= 15 is 0 Å². The fourth-order valence-electron chi connectivity index (χ4n) is 3.31. The molecule has 0 spiro atoms. The number of hydrogen-bond donors (Lipinski definition) is 0. The molecule has 1 fully saturated rings. The molecule has 1 aliphatic heterocycles. The summed E-state index contributed by atoms with van der Waals surface area (Å²) in [7, 11) is 0. The van der Waals surface area contributed by atoms with E-state index < -0.39 is 5.82 Å². The van der Waals surface area contributed by atoms with Gasteiger partial charge in [-0.25, -0.2) is 8.78 Å². The maximum Gasteiger partial charge on any atom is 0.270 e. The van der Waals surface area contributed by atoms with E-state index in [1.807, 2.05) is 6.92 Å². The van der Waals surface area contributed by atoms with E-state index in [-0.39, 0.29) is 23.4 Å². The number of anilines is 1. The van der Waals surface area contributed by atoms with Gasteiger partial charge in [-0.15, -0.1) is 0 Å². The van der Waals surface area contributed by atoms with Crippen LogP contribution in [0.15, 0.2) is 64.0 Å². The van der Waals surface area contributed by atoms with Gasteiger partial charge >= 0.3 is 0 Å². The van der Waals surface area contributed by atoms with Crippen molar-refractivity contribution < 1.29 is 23.0 Å². The van der Waals surface area contributed by atoms with Gasteiger partial charge in [0.1, 0.15) is 18.2 Å². The average Bonchev–Trinajstić information content (AvgIpc) is 3.09. The van der Waals surface area contributed by atoms with E-state index in [0.29, 0.717) is 48.6 Å². The van der Waals surface area contributed by atoms with Gasteiger partial charge in [0.25, 0.3) is 5.91 Å². The van der Waals surface area contributed by atoms with Crippen molar-refractivity contribution in [2.24, 2.45) is 0 Å². The first-order valence-corrected chi connectivity index (χ1v) is 12.7. The van der Waals surface area contributed by atoms with Crippen molar-refractivity contribution in [2.75, 3.05) is 11.5 Å². The van der Waals surface area contributed by atoms with Crippen LogP contribution in [0.2, 0.25) is 5.02 Å². The van der Waals surface area contributed by atoms with Crippen LogP contribution in [0.5, 0.6) is 11.5 Å². The summed E-state index contributed by atoms with van der Waals surface area (Å²) in [6.45, 7) is 2.23. The molecular weight excluding hydrogens is 580 g/mol. The number of thiocarbonyl (C=S) groups is 1. The van der Waals surface area contributed by atoms with E-state index in [0.717, 1.165) is 11.8 Å². The summed E-state index contributed by atoms with van der Waals surface area (Å²) >= 11 is 15.9. The molecule has 0 aliphatic carbocycles. The molecule has 1 saturated heterocycles. The second-order valence-corrected chi connectivity index (χ2v) is 10.2. The van der Waals surface area contributed by atoms with Crippen LogP contribution >= 0.6 is 51.5 Å². The molecule has 0 aromatic heterocycles. The zero-order valence-corrected chi connectivity index (χ0v) is 22.2. The maximum atomic E-state index is 14.0.